The van der Waals surface area contributed by atoms with Crippen LogP contribution in [0, 0.1) is 0 Å². The van der Waals surface area contributed by atoms with Gasteiger partial charge in [-0.1, -0.05) is 12.1 Å². The molecule has 1 aliphatic rings. The third-order valence-corrected chi connectivity index (χ3v) is 3.56. The lowest BCUT2D eigenvalue weighted by molar-refractivity contribution is 0.405. The molecular formula is C15H18N4O2. The van der Waals surface area contributed by atoms with E-state index in [1.807, 2.05) is 24.3 Å². The van der Waals surface area contributed by atoms with Crippen molar-refractivity contribution in [3.05, 3.63) is 46.5 Å². The van der Waals surface area contributed by atoms with Gasteiger partial charge in [0.05, 0.1) is 13.4 Å². The molecule has 1 heterocycles. The number of hydrogen-bond acceptors (Lipinski definition) is 5. The van der Waals surface area contributed by atoms with Gasteiger partial charge in [-0.05, 0) is 30.5 Å². The van der Waals surface area contributed by atoms with Crippen LogP contribution in [0.1, 0.15) is 18.4 Å². The fourth-order valence-corrected chi connectivity index (χ4v) is 2.42. The minimum absolute atomic E-state index is 0.258. The fourth-order valence-electron chi connectivity index (χ4n) is 2.42. The quantitative estimate of drug-likeness (QED) is 0.814. The van der Waals surface area contributed by atoms with Crippen LogP contribution in [0.2, 0.25) is 0 Å². The minimum Gasteiger partial charge on any atom is -0.489 e. The second-order valence-corrected chi connectivity index (χ2v) is 5.19. The molecule has 0 saturated heterocycles. The van der Waals surface area contributed by atoms with Crippen molar-refractivity contribution in [1.29, 1.82) is 0 Å². The molecule has 0 spiro atoms. The Labute approximate surface area is 122 Å². The summed E-state index contributed by atoms with van der Waals surface area (Å²) < 4.78 is 5.22. The molecule has 110 valence electrons. The van der Waals surface area contributed by atoms with Crippen LogP contribution in [0.15, 0.2) is 35.4 Å². The van der Waals surface area contributed by atoms with E-state index in [4.69, 9.17) is 10.5 Å². The zero-order valence-electron chi connectivity index (χ0n) is 11.9. The summed E-state index contributed by atoms with van der Waals surface area (Å²) in [5, 5.41) is 0. The van der Waals surface area contributed by atoms with E-state index in [1.165, 1.54) is 13.4 Å². The van der Waals surface area contributed by atoms with E-state index < -0.39 is 0 Å². The molecule has 3 N–H and O–H groups in total. The van der Waals surface area contributed by atoms with Gasteiger partial charge < -0.3 is 20.4 Å². The largest absolute Gasteiger partial charge is 0.489 e. The van der Waals surface area contributed by atoms with Crippen LogP contribution in [-0.2, 0) is 6.54 Å². The van der Waals surface area contributed by atoms with E-state index in [0.717, 1.165) is 24.1 Å². The SMILES string of the molecule is COc1c(N(Cc2cccc(N)c2)C2CC2)nc[nH]c1=O. The molecule has 0 unspecified atom stereocenters. The Balaban J connectivity index is 1.96. The Hall–Kier alpha value is -2.50. The molecule has 1 aliphatic carbocycles. The summed E-state index contributed by atoms with van der Waals surface area (Å²) in [7, 11) is 1.49. The average molecular weight is 286 g/mol. The minimum atomic E-state index is -0.263. The van der Waals surface area contributed by atoms with Gasteiger partial charge in [-0.25, -0.2) is 4.98 Å². The maximum absolute atomic E-state index is 11.9. The zero-order valence-corrected chi connectivity index (χ0v) is 11.9. The summed E-state index contributed by atoms with van der Waals surface area (Å²) in [5.41, 5.74) is 7.39. The first-order chi connectivity index (χ1) is 10.2. The molecule has 0 aliphatic heterocycles. The van der Waals surface area contributed by atoms with Gasteiger partial charge in [0.1, 0.15) is 0 Å². The van der Waals surface area contributed by atoms with Crippen molar-refractivity contribution in [3.63, 3.8) is 0 Å². The van der Waals surface area contributed by atoms with Gasteiger partial charge in [0.15, 0.2) is 5.82 Å². The second kappa shape index (κ2) is 5.47. The predicted molar refractivity (Wildman–Crippen MR) is 81.5 cm³/mol. The highest BCUT2D eigenvalue weighted by Gasteiger charge is 2.32. The molecule has 21 heavy (non-hydrogen) atoms. The van der Waals surface area contributed by atoms with Gasteiger partial charge in [-0.15, -0.1) is 0 Å². The summed E-state index contributed by atoms with van der Waals surface area (Å²) in [6.45, 7) is 0.655. The number of nitrogen functional groups attached to an aromatic ring is 1. The van der Waals surface area contributed by atoms with Crippen molar-refractivity contribution < 1.29 is 4.74 Å². The Morgan fingerprint density at radius 1 is 1.48 bits per heavy atom. The van der Waals surface area contributed by atoms with Crippen molar-refractivity contribution in [2.45, 2.75) is 25.4 Å². The average Bonchev–Trinajstić information content (AvgIpc) is 3.29. The van der Waals surface area contributed by atoms with Crippen LogP contribution < -0.4 is 20.9 Å². The van der Waals surface area contributed by atoms with Gasteiger partial charge >= 0.3 is 0 Å². The number of methoxy groups -OCH3 is 1. The van der Waals surface area contributed by atoms with Crippen molar-refractivity contribution in [2.75, 3.05) is 17.7 Å². The molecule has 1 aromatic carbocycles. The highest BCUT2D eigenvalue weighted by atomic mass is 16.5. The number of anilines is 2. The highest BCUT2D eigenvalue weighted by Crippen LogP contribution is 2.35. The molecule has 6 heteroatoms. The summed E-state index contributed by atoms with van der Waals surface area (Å²) in [5.74, 6) is 0.847. The predicted octanol–water partition coefficient (Wildman–Crippen LogP) is 1.53. The summed E-state index contributed by atoms with van der Waals surface area (Å²) in [6, 6.07) is 8.14. The number of nitrogens with zero attached hydrogens (tertiary/aromatic N) is 2. The van der Waals surface area contributed by atoms with E-state index in [1.54, 1.807) is 0 Å². The van der Waals surface area contributed by atoms with Gasteiger partial charge in [0.2, 0.25) is 5.75 Å². The molecule has 0 amide bonds. The van der Waals surface area contributed by atoms with E-state index in [-0.39, 0.29) is 11.3 Å². The van der Waals surface area contributed by atoms with E-state index >= 15 is 0 Å². The molecule has 1 fully saturated rings. The number of nitrogens with two attached hydrogens (primary N) is 1. The third kappa shape index (κ3) is 2.84. The molecule has 1 aromatic heterocycles. The van der Waals surface area contributed by atoms with Crippen molar-refractivity contribution in [3.8, 4) is 5.75 Å². The number of nitrogens with one attached hydrogen (secondary N) is 1. The lowest BCUT2D eigenvalue weighted by Gasteiger charge is -2.24. The lowest BCUT2D eigenvalue weighted by Crippen LogP contribution is -2.28. The first kappa shape index (κ1) is 13.5. The molecule has 0 atom stereocenters. The van der Waals surface area contributed by atoms with E-state index in [9.17, 15) is 4.79 Å². The number of hydrogen-bond donors (Lipinski definition) is 2. The second-order valence-electron chi connectivity index (χ2n) is 5.19. The summed E-state index contributed by atoms with van der Waals surface area (Å²) in [4.78, 5) is 20.8. The maximum atomic E-state index is 11.9. The van der Waals surface area contributed by atoms with Crippen LogP contribution in [-0.4, -0.2) is 23.1 Å². The highest BCUT2D eigenvalue weighted by molar-refractivity contribution is 5.53. The summed E-state index contributed by atoms with van der Waals surface area (Å²) >= 11 is 0. The third-order valence-electron chi connectivity index (χ3n) is 3.56. The number of aromatic amines is 1. The Morgan fingerprint density at radius 3 is 2.95 bits per heavy atom. The van der Waals surface area contributed by atoms with Crippen LogP contribution in [0.25, 0.3) is 0 Å². The summed E-state index contributed by atoms with van der Waals surface area (Å²) in [6.07, 6.45) is 3.61. The van der Waals surface area contributed by atoms with E-state index in [0.29, 0.717) is 18.4 Å². The van der Waals surface area contributed by atoms with Crippen LogP contribution in [0.4, 0.5) is 11.5 Å². The number of aromatic nitrogens is 2. The molecule has 1 saturated carbocycles. The number of ether oxygens (including phenoxy) is 1. The number of rotatable bonds is 5. The first-order valence-electron chi connectivity index (χ1n) is 6.92. The van der Waals surface area contributed by atoms with E-state index in [2.05, 4.69) is 14.9 Å². The number of benzene rings is 1. The smallest absolute Gasteiger partial charge is 0.295 e. The zero-order chi connectivity index (χ0) is 14.8. The van der Waals surface area contributed by atoms with Crippen molar-refractivity contribution in [1.82, 2.24) is 9.97 Å². The van der Waals surface area contributed by atoms with Gasteiger partial charge in [-0.2, -0.15) is 0 Å². The monoisotopic (exact) mass is 286 g/mol. The molecule has 2 aromatic rings. The molecule has 6 nitrogen and oxygen atoms in total. The van der Waals surface area contributed by atoms with Gasteiger partial charge in [-0.3, -0.25) is 4.79 Å². The van der Waals surface area contributed by atoms with Crippen LogP contribution in [0.3, 0.4) is 0 Å². The first-order valence-corrected chi connectivity index (χ1v) is 6.92. The van der Waals surface area contributed by atoms with Crippen molar-refractivity contribution >= 4 is 11.5 Å². The molecule has 0 bridgehead atoms. The topological polar surface area (TPSA) is 84.2 Å². The fraction of sp³-hybridized carbons (Fsp3) is 0.333. The van der Waals surface area contributed by atoms with Gasteiger partial charge in [0, 0.05) is 18.3 Å². The number of H-pyrrole nitrogens is 1. The van der Waals surface area contributed by atoms with Crippen LogP contribution >= 0.6 is 0 Å². The molecular weight excluding hydrogens is 268 g/mol. The lowest BCUT2D eigenvalue weighted by atomic mass is 10.2. The Bertz CT molecular complexity index is 694. The molecule has 3 rings (SSSR count). The standard InChI is InChI=1S/C15H18N4O2/c1-21-13-14(17-9-18-15(13)20)19(12-5-6-12)8-10-3-2-4-11(16)7-10/h2-4,7,9,12H,5-6,8,16H2,1H3,(H,17,18,20). The van der Waals surface area contributed by atoms with Crippen molar-refractivity contribution in [2.24, 2.45) is 0 Å². The maximum Gasteiger partial charge on any atom is 0.295 e. The van der Waals surface area contributed by atoms with Gasteiger partial charge in [0.25, 0.3) is 5.56 Å². The Morgan fingerprint density at radius 2 is 2.29 bits per heavy atom. The molecule has 0 radical (unpaired) electrons. The normalized spacial score (nSPS) is 14.0. The Kier molecular flexibility index (Phi) is 3.51. The van der Waals surface area contributed by atoms with Crippen LogP contribution in [0.5, 0.6) is 5.75 Å².